The molecule has 1 atom stereocenters. The minimum atomic E-state index is 0.998. The fourth-order valence-electron chi connectivity index (χ4n) is 5.74. The van der Waals surface area contributed by atoms with E-state index in [4.69, 9.17) is 0 Å². The smallest absolute Gasteiger partial charge is 0.141 e. The molecule has 0 radical (unpaired) electrons. The van der Waals surface area contributed by atoms with Gasteiger partial charge in [-0.1, -0.05) is 36.4 Å². The van der Waals surface area contributed by atoms with Crippen molar-refractivity contribution in [3.8, 4) is 0 Å². The van der Waals surface area contributed by atoms with Gasteiger partial charge >= 0.3 is 0 Å². The zero-order valence-corrected chi connectivity index (χ0v) is 25.4. The fourth-order valence-corrected chi connectivity index (χ4v) is 5.74. The fraction of sp³-hybridized carbons (Fsp3) is 0.211. The predicted octanol–water partition coefficient (Wildman–Crippen LogP) is 9.03. The highest BCUT2D eigenvalue weighted by Gasteiger charge is 2.20. The second kappa shape index (κ2) is 13.9. The van der Waals surface area contributed by atoms with E-state index >= 15 is 0 Å². The second-order valence-electron chi connectivity index (χ2n) is 10.4. The number of hydrogen-bond donors (Lipinski definition) is 1. The lowest BCUT2D eigenvalue weighted by molar-refractivity contribution is -0.681. The van der Waals surface area contributed by atoms with Crippen LogP contribution in [0.25, 0.3) is 0 Å². The van der Waals surface area contributed by atoms with E-state index < -0.39 is 0 Å². The zero-order chi connectivity index (χ0) is 29.3. The molecule has 5 rings (SSSR count). The standard InChI is InChI=1S/C38H42N4/c1-5-39(6-2)31-19-23-35(24-20-31)41(33-15-11-9-12-16-33)37-27-29-38(30-28-37)42(34-17-13-10-14-18-34)36-25-21-32(22-26-36)40(7-3)8-4/h9-30H,5-8H2,1-4H3/p+1. The monoisotopic (exact) mass is 555 g/mol. The van der Waals surface area contributed by atoms with Gasteiger partial charge in [-0.3, -0.25) is 0 Å². The molecule has 5 aromatic rings. The molecule has 0 aliphatic carbocycles. The quantitative estimate of drug-likeness (QED) is 0.165. The van der Waals surface area contributed by atoms with Gasteiger partial charge < -0.3 is 14.7 Å². The Bertz CT molecular complexity index is 1370. The van der Waals surface area contributed by atoms with Gasteiger partial charge in [0.25, 0.3) is 0 Å². The maximum Gasteiger partial charge on any atom is 0.141 e. The average molecular weight is 556 g/mol. The summed E-state index contributed by atoms with van der Waals surface area (Å²) in [6.45, 7) is 12.8. The molecule has 0 aliphatic rings. The van der Waals surface area contributed by atoms with E-state index in [1.54, 1.807) is 0 Å². The maximum absolute atomic E-state index is 2.38. The number of quaternary nitrogens is 1. The third-order valence-corrected chi connectivity index (χ3v) is 8.01. The second-order valence-corrected chi connectivity index (χ2v) is 10.4. The molecule has 214 valence electrons. The molecular weight excluding hydrogens is 512 g/mol. The Morgan fingerprint density at radius 1 is 0.357 bits per heavy atom. The average Bonchev–Trinajstić information content (AvgIpc) is 3.06. The van der Waals surface area contributed by atoms with E-state index in [1.807, 2.05) is 0 Å². The number of nitrogens with zero attached hydrogens (tertiary/aromatic N) is 3. The summed E-state index contributed by atoms with van der Waals surface area (Å²) < 4.78 is 0. The lowest BCUT2D eigenvalue weighted by atomic mass is 10.1. The van der Waals surface area contributed by atoms with Crippen molar-refractivity contribution in [3.63, 3.8) is 0 Å². The van der Waals surface area contributed by atoms with Gasteiger partial charge in [0.2, 0.25) is 0 Å². The Hall–Kier alpha value is -4.54. The summed E-state index contributed by atoms with van der Waals surface area (Å²) in [6, 6.07) is 48.3. The Labute approximate surface area is 252 Å². The Morgan fingerprint density at radius 3 is 1.10 bits per heavy atom. The first-order chi connectivity index (χ1) is 20.7. The maximum atomic E-state index is 2.38. The molecule has 1 unspecified atom stereocenters. The van der Waals surface area contributed by atoms with Gasteiger partial charge in [0.15, 0.2) is 0 Å². The van der Waals surface area contributed by atoms with E-state index in [-0.39, 0.29) is 0 Å². The van der Waals surface area contributed by atoms with Crippen LogP contribution in [-0.2, 0) is 0 Å². The third kappa shape index (κ3) is 6.35. The number of nitrogens with one attached hydrogen (secondary N) is 1. The molecule has 0 saturated heterocycles. The van der Waals surface area contributed by atoms with E-state index in [0.717, 1.165) is 43.2 Å². The molecule has 0 bridgehead atoms. The van der Waals surface area contributed by atoms with Crippen LogP contribution in [0.5, 0.6) is 0 Å². The topological polar surface area (TPSA) is 14.2 Å². The highest BCUT2D eigenvalue weighted by molar-refractivity contribution is 5.78. The van der Waals surface area contributed by atoms with Gasteiger partial charge in [-0.15, -0.1) is 0 Å². The van der Waals surface area contributed by atoms with Crippen molar-refractivity contribution in [1.29, 1.82) is 0 Å². The summed E-state index contributed by atoms with van der Waals surface area (Å²) >= 11 is 0. The summed E-state index contributed by atoms with van der Waals surface area (Å²) in [4.78, 5) is 8.33. The molecule has 0 saturated carbocycles. The van der Waals surface area contributed by atoms with Crippen molar-refractivity contribution < 1.29 is 4.90 Å². The molecule has 1 N–H and O–H groups in total. The van der Waals surface area contributed by atoms with Crippen molar-refractivity contribution in [2.45, 2.75) is 27.7 Å². The Balaban J connectivity index is 1.52. The Kier molecular flexibility index (Phi) is 9.58. The molecule has 0 spiro atoms. The molecule has 5 aromatic carbocycles. The number of hydrogen-bond acceptors (Lipinski definition) is 3. The molecule has 0 fully saturated rings. The summed E-state index contributed by atoms with van der Waals surface area (Å²) in [5, 5.41) is 0. The lowest BCUT2D eigenvalue weighted by Crippen LogP contribution is -2.96. The van der Waals surface area contributed by atoms with Crippen LogP contribution in [0.15, 0.2) is 133 Å². The van der Waals surface area contributed by atoms with Crippen LogP contribution in [0.3, 0.4) is 0 Å². The first-order valence-electron chi connectivity index (χ1n) is 15.2. The molecule has 0 heterocycles. The van der Waals surface area contributed by atoms with Gasteiger partial charge in [0, 0.05) is 78.9 Å². The summed E-state index contributed by atoms with van der Waals surface area (Å²) in [5.41, 5.74) is 9.56. The molecule has 0 aromatic heterocycles. The Morgan fingerprint density at radius 2 is 0.667 bits per heavy atom. The first-order valence-corrected chi connectivity index (χ1v) is 15.2. The van der Waals surface area contributed by atoms with Crippen LogP contribution in [0.1, 0.15) is 27.7 Å². The van der Waals surface area contributed by atoms with Crippen molar-refractivity contribution in [1.82, 2.24) is 0 Å². The highest BCUT2D eigenvalue weighted by atomic mass is 15.2. The highest BCUT2D eigenvalue weighted by Crippen LogP contribution is 2.36. The van der Waals surface area contributed by atoms with Gasteiger partial charge in [-0.05, 0) is 100 Å². The molecular formula is C38H43N4+. The van der Waals surface area contributed by atoms with E-state index in [2.05, 4.69) is 176 Å². The van der Waals surface area contributed by atoms with Crippen molar-refractivity contribution in [2.24, 2.45) is 0 Å². The lowest BCUT2D eigenvalue weighted by Gasteiger charge is -2.27. The summed E-state index contributed by atoms with van der Waals surface area (Å²) in [6.07, 6.45) is 0. The van der Waals surface area contributed by atoms with Gasteiger partial charge in [-0.2, -0.15) is 0 Å². The van der Waals surface area contributed by atoms with Gasteiger partial charge in [-0.25, -0.2) is 4.90 Å². The van der Waals surface area contributed by atoms with Gasteiger partial charge in [0.05, 0.1) is 0 Å². The van der Waals surface area contributed by atoms with E-state index in [0.29, 0.717) is 0 Å². The summed E-state index contributed by atoms with van der Waals surface area (Å²) in [7, 11) is 0. The van der Waals surface area contributed by atoms with Crippen molar-refractivity contribution in [2.75, 3.05) is 40.9 Å². The molecule has 4 heteroatoms. The minimum Gasteiger partial charge on any atom is -0.372 e. The minimum absolute atomic E-state index is 0.998. The van der Waals surface area contributed by atoms with Crippen LogP contribution in [0.4, 0.5) is 45.5 Å². The van der Waals surface area contributed by atoms with E-state index in [9.17, 15) is 0 Å². The van der Waals surface area contributed by atoms with Crippen LogP contribution in [-0.4, -0.2) is 26.2 Å². The van der Waals surface area contributed by atoms with Crippen molar-refractivity contribution in [3.05, 3.63) is 133 Å². The molecule has 42 heavy (non-hydrogen) atoms. The summed E-state index contributed by atoms with van der Waals surface area (Å²) in [5.74, 6) is 0. The van der Waals surface area contributed by atoms with Crippen LogP contribution in [0.2, 0.25) is 0 Å². The van der Waals surface area contributed by atoms with Gasteiger partial charge in [0.1, 0.15) is 17.1 Å². The molecule has 4 nitrogen and oxygen atoms in total. The zero-order valence-electron chi connectivity index (χ0n) is 25.4. The van der Waals surface area contributed by atoms with Crippen LogP contribution < -0.4 is 19.6 Å². The van der Waals surface area contributed by atoms with Crippen molar-refractivity contribution >= 4 is 45.5 Å². The molecule has 0 amide bonds. The third-order valence-electron chi connectivity index (χ3n) is 8.01. The predicted molar refractivity (Wildman–Crippen MR) is 181 cm³/mol. The first kappa shape index (κ1) is 29.0. The van der Waals surface area contributed by atoms with Crippen LogP contribution >= 0.6 is 0 Å². The molecule has 0 aliphatic heterocycles. The largest absolute Gasteiger partial charge is 0.372 e. The number of benzene rings is 5. The number of rotatable bonds is 12. The SMILES string of the molecule is CCN(CC)c1ccc(N(c2ccccc2)c2ccc([NH+](c3ccccc3)c3ccc(N(CC)CC)cc3)cc2)cc1. The van der Waals surface area contributed by atoms with Crippen LogP contribution in [0, 0.1) is 0 Å². The number of anilines is 5. The number of para-hydroxylation sites is 2. The van der Waals surface area contributed by atoms with E-state index in [1.165, 1.54) is 33.3 Å². The normalized spacial score (nSPS) is 11.6.